The monoisotopic (exact) mass is 353 g/mol. The Labute approximate surface area is 147 Å². The van der Waals surface area contributed by atoms with Gasteiger partial charge in [-0.25, -0.2) is 4.79 Å². The molecule has 0 spiro atoms. The zero-order valence-electron chi connectivity index (χ0n) is 15.0. The van der Waals surface area contributed by atoms with Crippen molar-refractivity contribution in [1.82, 2.24) is 15.8 Å². The van der Waals surface area contributed by atoms with Gasteiger partial charge in [0.15, 0.2) is 5.76 Å². The Morgan fingerprint density at radius 1 is 1.32 bits per heavy atom. The van der Waals surface area contributed by atoms with Gasteiger partial charge in [-0.15, -0.1) is 0 Å². The molecule has 1 aliphatic rings. The normalized spacial score (nSPS) is 20.9. The molecule has 8 heteroatoms. The molecule has 1 saturated carbocycles. The standard InChI is InChI=1S/C17H27N3O5/c1-17(2,3)24-10-14-8-13(20-25-14)9-18-16(23)19-12-6-4-11(5-7-12)15(21)22/h8,11-12H,4-7,9-10H2,1-3H3,(H,21,22)(H2,18,19,23). The average Bonchev–Trinajstić information content (AvgIpc) is 2.99. The molecule has 0 radical (unpaired) electrons. The largest absolute Gasteiger partial charge is 0.481 e. The SMILES string of the molecule is CC(C)(C)OCc1cc(CNC(=O)NC2CCC(C(=O)O)CC2)no1. The predicted molar refractivity (Wildman–Crippen MR) is 89.8 cm³/mol. The summed E-state index contributed by atoms with van der Waals surface area (Å²) in [7, 11) is 0. The summed E-state index contributed by atoms with van der Waals surface area (Å²) in [5.74, 6) is -0.427. The highest BCUT2D eigenvalue weighted by Gasteiger charge is 2.26. The van der Waals surface area contributed by atoms with Crippen LogP contribution in [0.25, 0.3) is 0 Å². The van der Waals surface area contributed by atoms with Crippen molar-refractivity contribution in [2.45, 2.75) is 71.2 Å². The highest BCUT2D eigenvalue weighted by Crippen LogP contribution is 2.24. The van der Waals surface area contributed by atoms with Gasteiger partial charge in [0.2, 0.25) is 0 Å². The lowest BCUT2D eigenvalue weighted by Crippen LogP contribution is -2.43. The molecule has 1 aliphatic carbocycles. The van der Waals surface area contributed by atoms with Gasteiger partial charge in [-0.3, -0.25) is 4.79 Å². The van der Waals surface area contributed by atoms with Gasteiger partial charge in [-0.1, -0.05) is 5.16 Å². The van der Waals surface area contributed by atoms with E-state index in [0.29, 0.717) is 43.7 Å². The third kappa shape index (κ3) is 6.74. The molecular weight excluding hydrogens is 326 g/mol. The van der Waals surface area contributed by atoms with Crippen molar-refractivity contribution in [2.24, 2.45) is 5.92 Å². The number of amides is 2. The number of carboxylic acids is 1. The van der Waals surface area contributed by atoms with Crippen molar-refractivity contribution in [2.75, 3.05) is 0 Å². The molecule has 0 bridgehead atoms. The van der Waals surface area contributed by atoms with Crippen LogP contribution in [0.2, 0.25) is 0 Å². The topological polar surface area (TPSA) is 114 Å². The van der Waals surface area contributed by atoms with E-state index in [9.17, 15) is 9.59 Å². The number of urea groups is 1. The van der Waals surface area contributed by atoms with E-state index in [1.54, 1.807) is 6.07 Å². The summed E-state index contributed by atoms with van der Waals surface area (Å²) in [6.45, 7) is 6.46. The second-order valence-corrected chi connectivity index (χ2v) is 7.40. The number of carbonyl (C=O) groups is 2. The summed E-state index contributed by atoms with van der Waals surface area (Å²) in [4.78, 5) is 22.9. The fourth-order valence-electron chi connectivity index (χ4n) is 2.69. The van der Waals surface area contributed by atoms with Crippen molar-refractivity contribution < 1.29 is 24.0 Å². The van der Waals surface area contributed by atoms with Crippen molar-refractivity contribution in [3.8, 4) is 0 Å². The van der Waals surface area contributed by atoms with Gasteiger partial charge in [-0.2, -0.15) is 0 Å². The third-order valence-corrected chi connectivity index (χ3v) is 4.10. The summed E-state index contributed by atoms with van der Waals surface area (Å²) < 4.78 is 10.8. The van der Waals surface area contributed by atoms with E-state index < -0.39 is 5.97 Å². The number of nitrogens with zero attached hydrogens (tertiary/aromatic N) is 1. The Kier molecular flexibility index (Phi) is 6.41. The molecule has 3 N–H and O–H groups in total. The molecule has 140 valence electrons. The van der Waals surface area contributed by atoms with Crippen LogP contribution in [0.4, 0.5) is 4.79 Å². The second kappa shape index (κ2) is 8.33. The lowest BCUT2D eigenvalue weighted by Gasteiger charge is -2.26. The molecular formula is C17H27N3O5. The summed E-state index contributed by atoms with van der Waals surface area (Å²) in [6, 6.07) is 1.49. The number of carbonyl (C=O) groups excluding carboxylic acids is 1. The van der Waals surface area contributed by atoms with E-state index in [0.717, 1.165) is 0 Å². The van der Waals surface area contributed by atoms with E-state index in [1.807, 2.05) is 20.8 Å². The molecule has 1 fully saturated rings. The molecule has 0 saturated heterocycles. The highest BCUT2D eigenvalue weighted by atomic mass is 16.5. The second-order valence-electron chi connectivity index (χ2n) is 7.40. The van der Waals surface area contributed by atoms with Crippen LogP contribution < -0.4 is 10.6 Å². The first-order chi connectivity index (χ1) is 11.7. The Morgan fingerprint density at radius 3 is 2.60 bits per heavy atom. The summed E-state index contributed by atoms with van der Waals surface area (Å²) >= 11 is 0. The molecule has 0 unspecified atom stereocenters. The minimum absolute atomic E-state index is 0.0173. The number of nitrogens with one attached hydrogen (secondary N) is 2. The fraction of sp³-hybridized carbons (Fsp3) is 0.706. The van der Waals surface area contributed by atoms with Crippen molar-refractivity contribution in [3.63, 3.8) is 0 Å². The number of hydrogen-bond donors (Lipinski definition) is 3. The molecule has 2 rings (SSSR count). The van der Waals surface area contributed by atoms with Crippen molar-refractivity contribution >= 4 is 12.0 Å². The summed E-state index contributed by atoms with van der Waals surface area (Å²) in [5, 5.41) is 18.5. The van der Waals surface area contributed by atoms with Gasteiger partial charge in [-0.05, 0) is 46.5 Å². The molecule has 0 aromatic carbocycles. The first-order valence-electron chi connectivity index (χ1n) is 8.58. The van der Waals surface area contributed by atoms with Crippen LogP contribution in [0.3, 0.4) is 0 Å². The minimum Gasteiger partial charge on any atom is -0.481 e. The van der Waals surface area contributed by atoms with E-state index >= 15 is 0 Å². The Hall–Kier alpha value is -2.09. The average molecular weight is 353 g/mol. The number of ether oxygens (including phenoxy) is 1. The lowest BCUT2D eigenvalue weighted by molar-refractivity contribution is -0.142. The maximum atomic E-state index is 11.9. The van der Waals surface area contributed by atoms with Crippen LogP contribution in [-0.2, 0) is 22.7 Å². The van der Waals surface area contributed by atoms with Gasteiger partial charge in [0.25, 0.3) is 0 Å². The van der Waals surface area contributed by atoms with E-state index in [2.05, 4.69) is 15.8 Å². The first-order valence-corrected chi connectivity index (χ1v) is 8.58. The highest BCUT2D eigenvalue weighted by molar-refractivity contribution is 5.74. The smallest absolute Gasteiger partial charge is 0.315 e. The number of hydrogen-bond acceptors (Lipinski definition) is 5. The van der Waals surface area contributed by atoms with Gasteiger partial charge in [0.1, 0.15) is 12.3 Å². The van der Waals surface area contributed by atoms with Crippen LogP contribution in [0.1, 0.15) is 57.9 Å². The number of aliphatic carboxylic acids is 1. The molecule has 2 amide bonds. The minimum atomic E-state index is -0.750. The van der Waals surface area contributed by atoms with Crippen molar-refractivity contribution in [1.29, 1.82) is 0 Å². The number of rotatable bonds is 6. The zero-order valence-corrected chi connectivity index (χ0v) is 15.0. The molecule has 1 aromatic rings. The summed E-state index contributed by atoms with van der Waals surface area (Å²) in [6.07, 6.45) is 2.56. The summed E-state index contributed by atoms with van der Waals surface area (Å²) in [5.41, 5.74) is 0.363. The van der Waals surface area contributed by atoms with Crippen LogP contribution in [-0.4, -0.2) is 33.9 Å². The van der Waals surface area contributed by atoms with E-state index in [1.165, 1.54) is 0 Å². The van der Waals surface area contributed by atoms with Crippen molar-refractivity contribution in [3.05, 3.63) is 17.5 Å². The first kappa shape index (κ1) is 19.2. The molecule has 25 heavy (non-hydrogen) atoms. The van der Waals surface area contributed by atoms with Gasteiger partial charge in [0, 0.05) is 12.1 Å². The lowest BCUT2D eigenvalue weighted by atomic mass is 9.86. The quantitative estimate of drug-likeness (QED) is 0.724. The maximum Gasteiger partial charge on any atom is 0.315 e. The van der Waals surface area contributed by atoms with Gasteiger partial charge in [0.05, 0.1) is 18.1 Å². The van der Waals surface area contributed by atoms with Crippen LogP contribution in [0.15, 0.2) is 10.6 Å². The Morgan fingerprint density at radius 2 is 2.00 bits per heavy atom. The Bertz CT molecular complexity index is 585. The van der Waals surface area contributed by atoms with E-state index in [4.69, 9.17) is 14.4 Å². The molecule has 0 aliphatic heterocycles. The third-order valence-electron chi connectivity index (χ3n) is 4.10. The maximum absolute atomic E-state index is 11.9. The van der Waals surface area contributed by atoms with Crippen LogP contribution >= 0.6 is 0 Å². The molecule has 0 atom stereocenters. The predicted octanol–water partition coefficient (Wildman–Crippen LogP) is 2.43. The van der Waals surface area contributed by atoms with Gasteiger partial charge >= 0.3 is 12.0 Å². The molecule has 1 heterocycles. The Balaban J connectivity index is 1.68. The van der Waals surface area contributed by atoms with Crippen LogP contribution in [0.5, 0.6) is 0 Å². The number of aromatic nitrogens is 1. The number of carboxylic acid groups (broad SMARTS) is 1. The fourth-order valence-corrected chi connectivity index (χ4v) is 2.69. The van der Waals surface area contributed by atoms with E-state index in [-0.39, 0.29) is 30.1 Å². The van der Waals surface area contributed by atoms with Gasteiger partial charge < -0.3 is 25.0 Å². The zero-order chi connectivity index (χ0) is 18.4. The molecule has 8 nitrogen and oxygen atoms in total. The van der Waals surface area contributed by atoms with Crippen LogP contribution in [0, 0.1) is 5.92 Å². The molecule has 1 aromatic heterocycles.